The first-order chi connectivity index (χ1) is 15.9. The highest BCUT2D eigenvalue weighted by atomic mass is 32.1. The second-order valence-electron chi connectivity index (χ2n) is 8.26. The van der Waals surface area contributed by atoms with Gasteiger partial charge in [-0.15, -0.1) is 11.3 Å². The number of alkyl halides is 3. The lowest BCUT2D eigenvalue weighted by Gasteiger charge is -2.13. The zero-order valence-corrected chi connectivity index (χ0v) is 18.8. The summed E-state index contributed by atoms with van der Waals surface area (Å²) in [6, 6.07) is 15.0. The number of thiophene rings is 1. The molecule has 0 unspecified atom stereocenters. The van der Waals surface area contributed by atoms with Crippen molar-refractivity contribution < 1.29 is 22.7 Å². The number of rotatable bonds is 6. The molecule has 4 aromatic rings. The van der Waals surface area contributed by atoms with Gasteiger partial charge in [-0.2, -0.15) is 13.2 Å². The van der Waals surface area contributed by atoms with Gasteiger partial charge in [-0.05, 0) is 66.5 Å². The van der Waals surface area contributed by atoms with Crippen LogP contribution in [0.5, 0.6) is 0 Å². The highest BCUT2D eigenvalue weighted by Gasteiger charge is 2.31. The number of para-hydroxylation sites is 1. The maximum absolute atomic E-state index is 13.3. The third-order valence-electron chi connectivity index (χ3n) is 5.95. The second-order valence-corrected chi connectivity index (χ2v) is 9.18. The van der Waals surface area contributed by atoms with Gasteiger partial charge in [0.2, 0.25) is 0 Å². The number of halogens is 3. The van der Waals surface area contributed by atoms with Gasteiger partial charge in [-0.3, -0.25) is 0 Å². The molecule has 2 aromatic carbocycles. The van der Waals surface area contributed by atoms with E-state index in [2.05, 4.69) is 11.4 Å². The van der Waals surface area contributed by atoms with Crippen LogP contribution in [0.25, 0.3) is 21.3 Å². The molecule has 3 nitrogen and oxygen atoms in total. The van der Waals surface area contributed by atoms with Crippen LogP contribution in [-0.4, -0.2) is 17.1 Å². The minimum atomic E-state index is -4.43. The monoisotopic (exact) mass is 469 g/mol. The van der Waals surface area contributed by atoms with Crippen molar-refractivity contribution in [2.75, 3.05) is 6.61 Å². The summed E-state index contributed by atoms with van der Waals surface area (Å²) in [5.41, 5.74) is 2.98. The van der Waals surface area contributed by atoms with Crippen molar-refractivity contribution in [1.82, 2.24) is 4.57 Å². The van der Waals surface area contributed by atoms with Gasteiger partial charge in [0.25, 0.3) is 0 Å². The van der Waals surface area contributed by atoms with E-state index in [0.29, 0.717) is 17.2 Å². The van der Waals surface area contributed by atoms with E-state index in [9.17, 15) is 18.0 Å². The van der Waals surface area contributed by atoms with Gasteiger partial charge in [0.15, 0.2) is 0 Å². The van der Waals surface area contributed by atoms with Gasteiger partial charge in [0.1, 0.15) is 5.69 Å². The van der Waals surface area contributed by atoms with E-state index < -0.39 is 17.7 Å². The molecule has 0 N–H and O–H groups in total. The lowest BCUT2D eigenvalue weighted by Crippen LogP contribution is -2.14. The minimum absolute atomic E-state index is 0.124. The lowest BCUT2D eigenvalue weighted by atomic mass is 10.1. The quantitative estimate of drug-likeness (QED) is 0.274. The van der Waals surface area contributed by atoms with Crippen molar-refractivity contribution in [3.8, 4) is 10.4 Å². The molecule has 0 bridgehead atoms. The van der Waals surface area contributed by atoms with Crippen LogP contribution in [0.15, 0.2) is 60.0 Å². The number of carbonyl (C=O) groups is 1. The number of ether oxygens (including phenoxy) is 1. The minimum Gasteiger partial charge on any atom is -0.461 e. The number of hydrogen-bond acceptors (Lipinski definition) is 3. The average Bonchev–Trinajstić information content (AvgIpc) is 3.44. The summed E-state index contributed by atoms with van der Waals surface area (Å²) in [6.07, 6.45) is -2.07. The predicted molar refractivity (Wildman–Crippen MR) is 124 cm³/mol. The number of hydrogen-bond donors (Lipinski definition) is 0. The van der Waals surface area contributed by atoms with Gasteiger partial charge in [-0.1, -0.05) is 30.3 Å². The van der Waals surface area contributed by atoms with E-state index in [1.54, 1.807) is 28.9 Å². The number of fused-ring (bicyclic) bond motifs is 1. The van der Waals surface area contributed by atoms with Crippen molar-refractivity contribution in [2.45, 2.75) is 38.4 Å². The Balaban J connectivity index is 1.69. The second kappa shape index (κ2) is 8.37. The third-order valence-corrected chi connectivity index (χ3v) is 6.92. The van der Waals surface area contributed by atoms with Gasteiger partial charge in [-0.25, -0.2) is 4.79 Å². The van der Waals surface area contributed by atoms with Crippen LogP contribution < -0.4 is 0 Å². The van der Waals surface area contributed by atoms with Gasteiger partial charge < -0.3 is 9.30 Å². The summed E-state index contributed by atoms with van der Waals surface area (Å²) >= 11 is 1.59. The summed E-state index contributed by atoms with van der Waals surface area (Å²) < 4.78 is 47.1. The molecule has 5 rings (SSSR count). The topological polar surface area (TPSA) is 31.2 Å². The van der Waals surface area contributed by atoms with Crippen molar-refractivity contribution in [3.05, 3.63) is 82.4 Å². The molecule has 0 atom stereocenters. The zero-order chi connectivity index (χ0) is 23.2. The Bertz CT molecular complexity index is 1330. The molecule has 1 aliphatic rings. The van der Waals surface area contributed by atoms with Gasteiger partial charge >= 0.3 is 12.1 Å². The summed E-state index contributed by atoms with van der Waals surface area (Å²) in [6.45, 7) is 2.08. The summed E-state index contributed by atoms with van der Waals surface area (Å²) in [5, 5.41) is 3.03. The van der Waals surface area contributed by atoms with E-state index in [1.165, 1.54) is 24.5 Å². The molecule has 170 valence electrons. The first-order valence-corrected chi connectivity index (χ1v) is 11.8. The van der Waals surface area contributed by atoms with Crippen LogP contribution in [0.1, 0.15) is 52.9 Å². The maximum atomic E-state index is 13.3. The highest BCUT2D eigenvalue weighted by Crippen LogP contribution is 2.46. The fourth-order valence-corrected chi connectivity index (χ4v) is 5.32. The molecule has 1 saturated carbocycles. The molecule has 33 heavy (non-hydrogen) atoms. The molecule has 1 aliphatic carbocycles. The van der Waals surface area contributed by atoms with Crippen LogP contribution in [0, 0.1) is 0 Å². The molecule has 1 fully saturated rings. The maximum Gasteiger partial charge on any atom is 0.416 e. The Hall–Kier alpha value is -3.06. The standard InChI is InChI=1S/C26H22F3NO2S/c1-2-32-25(31)24-23(22-13-18(15-33-22)17-10-11-17)20-8-3-4-9-21(20)30(24)14-16-6-5-7-19(12-16)26(27,28)29/h3-9,12-13,15,17H,2,10-11,14H2,1H3. The third kappa shape index (κ3) is 4.17. The SMILES string of the molecule is CCOC(=O)c1c(-c2cc(C3CC3)cs2)c2ccccc2n1Cc1cccc(C(F)(F)F)c1. The number of esters is 1. The molecule has 0 amide bonds. The summed E-state index contributed by atoms with van der Waals surface area (Å²) in [5.74, 6) is 0.108. The van der Waals surface area contributed by atoms with E-state index in [-0.39, 0.29) is 13.2 Å². The van der Waals surface area contributed by atoms with Crippen molar-refractivity contribution >= 4 is 28.2 Å². The van der Waals surface area contributed by atoms with E-state index in [1.807, 2.05) is 24.3 Å². The average molecular weight is 470 g/mol. The molecular formula is C26H22F3NO2S. The lowest BCUT2D eigenvalue weighted by molar-refractivity contribution is -0.137. The molecule has 2 heterocycles. The van der Waals surface area contributed by atoms with Crippen LogP contribution in [0.3, 0.4) is 0 Å². The van der Waals surface area contributed by atoms with Gasteiger partial charge in [0.05, 0.1) is 12.2 Å². The largest absolute Gasteiger partial charge is 0.461 e. The predicted octanol–water partition coefficient (Wildman–Crippen LogP) is 7.49. The van der Waals surface area contributed by atoms with Gasteiger partial charge in [0, 0.05) is 27.9 Å². The first-order valence-electron chi connectivity index (χ1n) is 10.9. The van der Waals surface area contributed by atoms with Crippen LogP contribution in [0.4, 0.5) is 13.2 Å². The molecule has 0 saturated heterocycles. The van der Waals surface area contributed by atoms with E-state index in [4.69, 9.17) is 4.74 Å². The highest BCUT2D eigenvalue weighted by molar-refractivity contribution is 7.13. The molecule has 7 heteroatoms. The Morgan fingerprint density at radius 2 is 1.91 bits per heavy atom. The van der Waals surface area contributed by atoms with E-state index in [0.717, 1.165) is 33.5 Å². The number of aromatic nitrogens is 1. The first kappa shape index (κ1) is 21.8. The Morgan fingerprint density at radius 3 is 2.64 bits per heavy atom. The number of benzene rings is 2. The Morgan fingerprint density at radius 1 is 1.12 bits per heavy atom. The molecule has 0 radical (unpaired) electrons. The van der Waals surface area contributed by atoms with Crippen LogP contribution in [-0.2, 0) is 17.5 Å². The molecule has 0 aliphatic heterocycles. The summed E-state index contributed by atoms with van der Waals surface area (Å²) in [4.78, 5) is 14.2. The van der Waals surface area contributed by atoms with Crippen LogP contribution >= 0.6 is 11.3 Å². The Labute approximate surface area is 193 Å². The molecular weight excluding hydrogens is 447 g/mol. The number of nitrogens with zero attached hydrogens (tertiary/aromatic N) is 1. The molecule has 0 spiro atoms. The molecule has 2 aromatic heterocycles. The van der Waals surface area contributed by atoms with E-state index >= 15 is 0 Å². The smallest absolute Gasteiger partial charge is 0.416 e. The fourth-order valence-electron chi connectivity index (χ4n) is 4.27. The van der Waals surface area contributed by atoms with Crippen LogP contribution in [0.2, 0.25) is 0 Å². The van der Waals surface area contributed by atoms with Crippen molar-refractivity contribution in [1.29, 1.82) is 0 Å². The zero-order valence-electron chi connectivity index (χ0n) is 18.0. The fraction of sp³-hybridized carbons (Fsp3) is 0.269. The number of carbonyl (C=O) groups excluding carboxylic acids is 1. The Kier molecular flexibility index (Phi) is 5.52. The van der Waals surface area contributed by atoms with Crippen molar-refractivity contribution in [2.24, 2.45) is 0 Å². The summed E-state index contributed by atoms with van der Waals surface area (Å²) in [7, 11) is 0. The normalized spacial score (nSPS) is 14.1. The van der Waals surface area contributed by atoms with Crippen molar-refractivity contribution in [3.63, 3.8) is 0 Å².